The average Bonchev–Trinajstić information content (AvgIpc) is 2.76. The van der Waals surface area contributed by atoms with Crippen LogP contribution in [0.5, 0.6) is 0 Å². The van der Waals surface area contributed by atoms with Crippen molar-refractivity contribution in [2.75, 3.05) is 5.32 Å². The van der Waals surface area contributed by atoms with Crippen LogP contribution in [0, 0.1) is 13.8 Å². The molecule has 0 radical (unpaired) electrons. The van der Waals surface area contributed by atoms with E-state index in [9.17, 15) is 13.2 Å². The number of H-pyrrole nitrogens is 1. The van der Waals surface area contributed by atoms with Gasteiger partial charge < -0.3 is 5.32 Å². The fourth-order valence-electron chi connectivity index (χ4n) is 1.72. The number of hydrogen-bond donors (Lipinski definition) is 3. The number of rotatable bonds is 3. The van der Waals surface area contributed by atoms with Crippen LogP contribution in [0.1, 0.15) is 21.6 Å². The molecular weight excluding hydrogens is 280 g/mol. The molecule has 4 N–H and O–H groups in total. The summed E-state index contributed by atoms with van der Waals surface area (Å²) in [5.74, 6) is -0.317. The lowest BCUT2D eigenvalue weighted by Gasteiger charge is -2.09. The minimum Gasteiger partial charge on any atom is -0.322 e. The van der Waals surface area contributed by atoms with E-state index >= 15 is 0 Å². The highest BCUT2D eigenvalue weighted by atomic mass is 32.2. The van der Waals surface area contributed by atoms with Crippen LogP contribution in [0.3, 0.4) is 0 Å². The Hall–Kier alpha value is -2.19. The van der Waals surface area contributed by atoms with Crippen molar-refractivity contribution < 1.29 is 13.2 Å². The van der Waals surface area contributed by atoms with Gasteiger partial charge in [-0.1, -0.05) is 0 Å². The minimum absolute atomic E-state index is 0.00694. The first-order chi connectivity index (χ1) is 9.29. The van der Waals surface area contributed by atoms with Crippen molar-refractivity contribution >= 4 is 21.6 Å². The number of hydrogen-bond acceptors (Lipinski definition) is 4. The van der Waals surface area contributed by atoms with Gasteiger partial charge in [0.2, 0.25) is 10.0 Å². The maximum absolute atomic E-state index is 12.0. The van der Waals surface area contributed by atoms with Crippen molar-refractivity contribution in [3.8, 4) is 0 Å². The molecule has 0 spiro atoms. The predicted molar refractivity (Wildman–Crippen MR) is 73.8 cm³/mol. The highest BCUT2D eigenvalue weighted by molar-refractivity contribution is 7.89. The van der Waals surface area contributed by atoms with Gasteiger partial charge in [-0.15, -0.1) is 0 Å². The number of amides is 1. The van der Waals surface area contributed by atoms with Crippen LogP contribution in [-0.2, 0) is 10.0 Å². The standard InChI is InChI=1S/C12H14N4O3S/c1-7-5-9(20(13,18)19)3-4-11(7)15-12(17)10-6-14-16-8(10)2/h3-6H,1-2H3,(H,14,16)(H,15,17)(H2,13,18,19). The quantitative estimate of drug-likeness (QED) is 0.780. The lowest BCUT2D eigenvalue weighted by Crippen LogP contribution is -2.15. The van der Waals surface area contributed by atoms with Crippen LogP contribution in [0.25, 0.3) is 0 Å². The fraction of sp³-hybridized carbons (Fsp3) is 0.167. The van der Waals surface area contributed by atoms with E-state index in [4.69, 9.17) is 5.14 Å². The van der Waals surface area contributed by atoms with Crippen LogP contribution >= 0.6 is 0 Å². The Morgan fingerprint density at radius 1 is 1.35 bits per heavy atom. The summed E-state index contributed by atoms with van der Waals surface area (Å²) in [4.78, 5) is 12.0. The Bertz CT molecular complexity index is 765. The molecule has 1 aromatic carbocycles. The van der Waals surface area contributed by atoms with Crippen LogP contribution in [-0.4, -0.2) is 24.5 Å². The molecule has 8 heteroatoms. The highest BCUT2D eigenvalue weighted by Crippen LogP contribution is 2.20. The number of primary sulfonamides is 1. The number of anilines is 1. The number of nitrogens with zero attached hydrogens (tertiary/aromatic N) is 1. The zero-order valence-corrected chi connectivity index (χ0v) is 11.8. The minimum atomic E-state index is -3.75. The normalized spacial score (nSPS) is 11.3. The van der Waals surface area contributed by atoms with Gasteiger partial charge in [0.1, 0.15) is 0 Å². The average molecular weight is 294 g/mol. The second-order valence-electron chi connectivity index (χ2n) is 4.38. The summed E-state index contributed by atoms with van der Waals surface area (Å²) in [7, 11) is -3.75. The third kappa shape index (κ3) is 2.86. The monoisotopic (exact) mass is 294 g/mol. The molecule has 0 atom stereocenters. The molecule has 0 saturated heterocycles. The van der Waals surface area contributed by atoms with Gasteiger partial charge in [-0.3, -0.25) is 9.89 Å². The highest BCUT2D eigenvalue weighted by Gasteiger charge is 2.14. The number of sulfonamides is 1. The number of nitrogens with one attached hydrogen (secondary N) is 2. The first-order valence-electron chi connectivity index (χ1n) is 5.74. The maximum atomic E-state index is 12.0. The maximum Gasteiger partial charge on any atom is 0.259 e. The number of aryl methyl sites for hydroxylation is 2. The number of nitrogens with two attached hydrogens (primary N) is 1. The summed E-state index contributed by atoms with van der Waals surface area (Å²) in [6, 6.07) is 4.26. The molecule has 1 heterocycles. The van der Waals surface area contributed by atoms with Crippen LogP contribution < -0.4 is 10.5 Å². The largest absolute Gasteiger partial charge is 0.322 e. The van der Waals surface area contributed by atoms with Crippen molar-refractivity contribution in [2.45, 2.75) is 18.7 Å². The molecule has 106 valence electrons. The van der Waals surface area contributed by atoms with Crippen molar-refractivity contribution in [3.63, 3.8) is 0 Å². The molecule has 7 nitrogen and oxygen atoms in total. The molecule has 0 saturated carbocycles. The van der Waals surface area contributed by atoms with E-state index in [2.05, 4.69) is 15.5 Å². The molecule has 0 fully saturated rings. The molecule has 0 aliphatic heterocycles. The third-order valence-electron chi connectivity index (χ3n) is 2.85. The van der Waals surface area contributed by atoms with Gasteiger partial charge in [0.05, 0.1) is 16.7 Å². The molecule has 0 aliphatic carbocycles. The molecule has 1 aromatic heterocycles. The van der Waals surface area contributed by atoms with Gasteiger partial charge in [0, 0.05) is 11.4 Å². The van der Waals surface area contributed by atoms with Crippen molar-refractivity contribution in [1.82, 2.24) is 10.2 Å². The zero-order chi connectivity index (χ0) is 14.9. The number of carbonyl (C=O) groups excluding carboxylic acids is 1. The van der Waals surface area contributed by atoms with Gasteiger partial charge >= 0.3 is 0 Å². The first-order valence-corrected chi connectivity index (χ1v) is 7.28. The van der Waals surface area contributed by atoms with Crippen molar-refractivity contribution in [2.24, 2.45) is 5.14 Å². The van der Waals surface area contributed by atoms with E-state index in [0.29, 0.717) is 22.5 Å². The number of carbonyl (C=O) groups is 1. The number of aromatic nitrogens is 2. The summed E-state index contributed by atoms with van der Waals surface area (Å²) in [6.45, 7) is 3.42. The molecule has 0 bridgehead atoms. The Balaban J connectivity index is 2.27. The van der Waals surface area contributed by atoms with Gasteiger partial charge in [0.15, 0.2) is 0 Å². The lowest BCUT2D eigenvalue weighted by atomic mass is 10.2. The SMILES string of the molecule is Cc1cc(S(N)(=O)=O)ccc1NC(=O)c1cn[nH]c1C. The summed E-state index contributed by atoms with van der Waals surface area (Å²) in [5, 5.41) is 14.2. The van der Waals surface area contributed by atoms with Gasteiger partial charge in [-0.05, 0) is 37.6 Å². The number of benzene rings is 1. The molecule has 2 rings (SSSR count). The van der Waals surface area contributed by atoms with Gasteiger partial charge in [0.25, 0.3) is 5.91 Å². The molecule has 1 amide bonds. The van der Waals surface area contributed by atoms with E-state index < -0.39 is 10.0 Å². The lowest BCUT2D eigenvalue weighted by molar-refractivity contribution is 0.102. The Kier molecular flexibility index (Phi) is 3.60. The van der Waals surface area contributed by atoms with Gasteiger partial charge in [-0.25, -0.2) is 13.6 Å². The van der Waals surface area contributed by atoms with E-state index in [0.717, 1.165) is 0 Å². The van der Waals surface area contributed by atoms with Gasteiger partial charge in [-0.2, -0.15) is 5.10 Å². The molecular formula is C12H14N4O3S. The van der Waals surface area contributed by atoms with Crippen LogP contribution in [0.15, 0.2) is 29.3 Å². The zero-order valence-electron chi connectivity index (χ0n) is 11.0. The smallest absolute Gasteiger partial charge is 0.259 e. The summed E-state index contributed by atoms with van der Waals surface area (Å²) in [6.07, 6.45) is 1.43. The Labute approximate surface area is 116 Å². The third-order valence-corrected chi connectivity index (χ3v) is 3.76. The van der Waals surface area contributed by atoms with E-state index in [1.165, 1.54) is 24.4 Å². The fourth-order valence-corrected chi connectivity index (χ4v) is 2.32. The molecule has 20 heavy (non-hydrogen) atoms. The summed E-state index contributed by atoms with van der Waals surface area (Å²) in [5.41, 5.74) is 2.20. The number of aromatic amines is 1. The van der Waals surface area contributed by atoms with E-state index in [1.54, 1.807) is 13.8 Å². The topological polar surface area (TPSA) is 118 Å². The Morgan fingerprint density at radius 2 is 2.05 bits per heavy atom. The second-order valence-corrected chi connectivity index (χ2v) is 5.95. The van der Waals surface area contributed by atoms with Crippen LogP contribution in [0.4, 0.5) is 5.69 Å². The van der Waals surface area contributed by atoms with E-state index in [-0.39, 0.29) is 10.8 Å². The summed E-state index contributed by atoms with van der Waals surface area (Å²) >= 11 is 0. The Morgan fingerprint density at radius 3 is 2.55 bits per heavy atom. The second kappa shape index (κ2) is 5.06. The molecule has 2 aromatic rings. The van der Waals surface area contributed by atoms with Crippen molar-refractivity contribution in [3.05, 3.63) is 41.2 Å². The predicted octanol–water partition coefficient (Wildman–Crippen LogP) is 0.926. The van der Waals surface area contributed by atoms with Crippen LogP contribution in [0.2, 0.25) is 0 Å². The molecule has 0 unspecified atom stereocenters. The summed E-state index contributed by atoms with van der Waals surface area (Å²) < 4.78 is 22.5. The molecule has 0 aliphatic rings. The van der Waals surface area contributed by atoms with Crippen molar-refractivity contribution in [1.29, 1.82) is 0 Å². The first kappa shape index (κ1) is 14.2. The van der Waals surface area contributed by atoms with E-state index in [1.807, 2.05) is 0 Å².